The Morgan fingerprint density at radius 2 is 1.92 bits per heavy atom. The molecule has 0 radical (unpaired) electrons. The number of hydrogen-bond acceptors (Lipinski definition) is 7. The van der Waals surface area contributed by atoms with E-state index in [-0.39, 0.29) is 37.4 Å². The van der Waals surface area contributed by atoms with Crippen LogP contribution in [0.1, 0.15) is 38.5 Å². The monoisotopic (exact) mass is 358 g/mol. The fourth-order valence-corrected chi connectivity index (χ4v) is 4.75. The molecular formula is C14H20N3O6S+. The van der Waals surface area contributed by atoms with Gasteiger partial charge in [-0.3, -0.25) is 0 Å². The predicted molar refractivity (Wildman–Crippen MR) is 81.3 cm³/mol. The fourth-order valence-electron chi connectivity index (χ4n) is 3.21. The standard InChI is InChI=1S/C14H19N3O6S/c18-10-5-6-11(19)17(10,22)23-12(20)4-2-1-3-9-13-8(7-24-9)15-14(21)16-13/h8-9,13,22H,1-7H2,(H-,15,16,21)/p+1/t8-,9-,13-/m0/s1. The topological polar surface area (TPSA) is 122 Å². The zero-order chi connectivity index (χ0) is 17.3. The van der Waals surface area contributed by atoms with Crippen molar-refractivity contribution >= 4 is 35.6 Å². The summed E-state index contributed by atoms with van der Waals surface area (Å²) in [6, 6.07) is 0.166. The third kappa shape index (κ3) is 3.26. The number of nitrogens with one attached hydrogen (secondary N) is 2. The van der Waals surface area contributed by atoms with Gasteiger partial charge in [-0.05, 0) is 12.8 Å². The van der Waals surface area contributed by atoms with Gasteiger partial charge in [0.15, 0.2) is 0 Å². The molecule has 24 heavy (non-hydrogen) atoms. The lowest BCUT2D eigenvalue weighted by atomic mass is 10.0. The number of imide groups is 1. The first-order valence-electron chi connectivity index (χ1n) is 8.00. The molecule has 0 aromatic heterocycles. The van der Waals surface area contributed by atoms with Crippen molar-refractivity contribution in [2.24, 2.45) is 0 Å². The number of carbonyl (C=O) groups excluding carboxylic acids is 4. The van der Waals surface area contributed by atoms with Crippen LogP contribution < -0.4 is 10.6 Å². The first kappa shape index (κ1) is 17.2. The molecule has 3 heterocycles. The molecule has 4 amide bonds. The number of quaternary nitrogens is 1. The number of fused-ring (bicyclic) bond motifs is 1. The predicted octanol–water partition coefficient (Wildman–Crippen LogP) is 0.223. The molecule has 3 atom stereocenters. The van der Waals surface area contributed by atoms with E-state index in [1.807, 2.05) is 0 Å². The van der Waals surface area contributed by atoms with Crippen molar-refractivity contribution in [2.75, 3.05) is 5.75 Å². The molecule has 3 N–H and O–H groups in total. The van der Waals surface area contributed by atoms with Crippen LogP contribution in [0.15, 0.2) is 0 Å². The summed E-state index contributed by atoms with van der Waals surface area (Å²) < 4.78 is 0. The molecule has 132 valence electrons. The van der Waals surface area contributed by atoms with Crippen LogP contribution in [0.4, 0.5) is 4.79 Å². The molecule has 0 aromatic carbocycles. The zero-order valence-electron chi connectivity index (χ0n) is 13.0. The molecule has 3 rings (SSSR count). The minimum atomic E-state index is -1.85. The first-order valence-corrected chi connectivity index (χ1v) is 9.04. The largest absolute Gasteiger partial charge is 0.397 e. The van der Waals surface area contributed by atoms with Gasteiger partial charge >= 0.3 is 23.8 Å². The molecule has 0 spiro atoms. The van der Waals surface area contributed by atoms with Gasteiger partial charge in [-0.25, -0.2) is 24.0 Å². The number of nitrogens with zero attached hydrogens (tertiary/aromatic N) is 1. The molecule has 0 aliphatic carbocycles. The van der Waals surface area contributed by atoms with Gasteiger partial charge in [0.25, 0.3) is 0 Å². The van der Waals surface area contributed by atoms with Crippen LogP contribution in [0.2, 0.25) is 0 Å². The molecule has 3 aliphatic rings. The van der Waals surface area contributed by atoms with Crippen molar-refractivity contribution in [3.63, 3.8) is 0 Å². The summed E-state index contributed by atoms with van der Waals surface area (Å²) >= 11 is 1.80. The highest BCUT2D eigenvalue weighted by molar-refractivity contribution is 8.00. The van der Waals surface area contributed by atoms with Crippen molar-refractivity contribution in [3.8, 4) is 0 Å². The molecule has 10 heteroatoms. The Labute approximate surface area is 142 Å². The van der Waals surface area contributed by atoms with Gasteiger partial charge in [-0.15, -0.1) is 0 Å². The molecule has 0 unspecified atom stereocenters. The third-order valence-electron chi connectivity index (χ3n) is 4.52. The number of amides is 4. The van der Waals surface area contributed by atoms with E-state index in [4.69, 9.17) is 0 Å². The van der Waals surface area contributed by atoms with Crippen LogP contribution in [-0.2, 0) is 19.2 Å². The molecule has 3 saturated heterocycles. The second-order valence-corrected chi connectivity index (χ2v) is 7.47. The van der Waals surface area contributed by atoms with Crippen molar-refractivity contribution in [1.82, 2.24) is 10.6 Å². The van der Waals surface area contributed by atoms with Crippen LogP contribution >= 0.6 is 11.8 Å². The van der Waals surface area contributed by atoms with Gasteiger partial charge in [0.1, 0.15) is 4.81 Å². The van der Waals surface area contributed by atoms with Gasteiger partial charge < -0.3 is 10.6 Å². The smallest absolute Gasteiger partial charge is 0.332 e. The maximum Gasteiger partial charge on any atom is 0.397 e. The molecule has 0 bridgehead atoms. The fraction of sp³-hybridized carbons (Fsp3) is 0.714. The van der Waals surface area contributed by atoms with Gasteiger partial charge in [-0.1, -0.05) is 6.42 Å². The lowest BCUT2D eigenvalue weighted by molar-refractivity contribution is -1.12. The highest BCUT2D eigenvalue weighted by atomic mass is 32.2. The van der Waals surface area contributed by atoms with E-state index in [0.29, 0.717) is 11.7 Å². The van der Waals surface area contributed by atoms with Crippen LogP contribution in [0.3, 0.4) is 0 Å². The summed E-state index contributed by atoms with van der Waals surface area (Å²) in [6.45, 7) is 0. The van der Waals surface area contributed by atoms with E-state index >= 15 is 0 Å². The quantitative estimate of drug-likeness (QED) is 0.204. The van der Waals surface area contributed by atoms with Crippen LogP contribution in [-0.4, -0.2) is 56.9 Å². The number of hydroxylamine groups is 4. The molecular weight excluding hydrogens is 338 g/mol. The number of urea groups is 1. The van der Waals surface area contributed by atoms with Crippen molar-refractivity contribution in [3.05, 3.63) is 0 Å². The molecule has 3 aliphatic heterocycles. The first-order chi connectivity index (χ1) is 11.4. The van der Waals surface area contributed by atoms with Crippen LogP contribution in [0.5, 0.6) is 0 Å². The van der Waals surface area contributed by atoms with Gasteiger partial charge in [0.05, 0.1) is 31.3 Å². The highest BCUT2D eigenvalue weighted by Crippen LogP contribution is 2.33. The SMILES string of the molecule is O=C1N[C@H]2[C@H](CS[C@H]2CCCCC(=O)O[N+]2(O)C(=O)CCC2=O)N1. The summed E-state index contributed by atoms with van der Waals surface area (Å²) in [6.07, 6.45) is 1.90. The minimum Gasteiger partial charge on any atom is -0.332 e. The number of rotatable bonds is 6. The number of carbonyl (C=O) groups is 4. The second-order valence-electron chi connectivity index (χ2n) is 6.19. The Morgan fingerprint density at radius 1 is 1.21 bits per heavy atom. The number of thioether (sulfide) groups is 1. The van der Waals surface area contributed by atoms with E-state index in [1.165, 1.54) is 0 Å². The zero-order valence-corrected chi connectivity index (χ0v) is 13.8. The Balaban J connectivity index is 1.38. The lowest BCUT2D eigenvalue weighted by Crippen LogP contribution is -2.50. The minimum absolute atomic E-state index is 0.0250. The number of hydrogen-bond donors (Lipinski definition) is 3. The molecule has 0 saturated carbocycles. The van der Waals surface area contributed by atoms with E-state index in [0.717, 1.165) is 18.6 Å². The second kappa shape index (κ2) is 6.69. The summed E-state index contributed by atoms with van der Waals surface area (Å²) in [5.74, 6) is -1.52. The maximum atomic E-state index is 11.7. The molecule has 3 fully saturated rings. The van der Waals surface area contributed by atoms with E-state index in [2.05, 4.69) is 15.5 Å². The van der Waals surface area contributed by atoms with Crippen molar-refractivity contribution in [1.29, 1.82) is 0 Å². The van der Waals surface area contributed by atoms with Gasteiger partial charge in [0, 0.05) is 11.0 Å². The van der Waals surface area contributed by atoms with E-state index < -0.39 is 22.6 Å². The Bertz CT molecular complexity index is 567. The normalized spacial score (nSPS) is 30.9. The Kier molecular flexibility index (Phi) is 4.79. The summed E-state index contributed by atoms with van der Waals surface area (Å²) in [4.78, 5) is 48.8. The molecule has 9 nitrogen and oxygen atoms in total. The summed E-state index contributed by atoms with van der Waals surface area (Å²) in [5.41, 5.74) is 0. The average molecular weight is 358 g/mol. The van der Waals surface area contributed by atoms with Gasteiger partial charge in [-0.2, -0.15) is 17.0 Å². The van der Waals surface area contributed by atoms with Gasteiger partial charge in [0.2, 0.25) is 0 Å². The molecule has 0 aromatic rings. The summed E-state index contributed by atoms with van der Waals surface area (Å²) in [7, 11) is 0. The van der Waals surface area contributed by atoms with Crippen molar-refractivity contribution in [2.45, 2.75) is 55.9 Å². The Morgan fingerprint density at radius 3 is 2.62 bits per heavy atom. The number of unbranched alkanes of at least 4 members (excludes halogenated alkanes) is 1. The van der Waals surface area contributed by atoms with E-state index in [1.54, 1.807) is 11.8 Å². The summed E-state index contributed by atoms with van der Waals surface area (Å²) in [5, 5.41) is 15.9. The third-order valence-corrected chi connectivity index (χ3v) is 6.03. The van der Waals surface area contributed by atoms with Crippen molar-refractivity contribution < 1.29 is 34.0 Å². The average Bonchev–Trinajstić information content (AvgIpc) is 3.14. The lowest BCUT2D eigenvalue weighted by Gasteiger charge is -2.17. The maximum absolute atomic E-state index is 11.7. The van der Waals surface area contributed by atoms with Crippen LogP contribution in [0, 0.1) is 0 Å². The van der Waals surface area contributed by atoms with Crippen LogP contribution in [0.25, 0.3) is 0 Å². The van der Waals surface area contributed by atoms with E-state index in [9.17, 15) is 24.4 Å². The Hall–Kier alpha value is -1.65. The highest BCUT2D eigenvalue weighted by Gasteiger charge is 2.55.